The van der Waals surface area contributed by atoms with Crippen molar-refractivity contribution < 1.29 is 4.79 Å². The van der Waals surface area contributed by atoms with E-state index in [1.807, 2.05) is 29.2 Å². The van der Waals surface area contributed by atoms with E-state index < -0.39 is 0 Å². The lowest BCUT2D eigenvalue weighted by Crippen LogP contribution is -2.33. The molecule has 1 amide bonds. The summed E-state index contributed by atoms with van der Waals surface area (Å²) in [5.74, 6) is 0.114. The Morgan fingerprint density at radius 2 is 2.16 bits per heavy atom. The number of nitrogens with two attached hydrogens (primary N) is 1. The summed E-state index contributed by atoms with van der Waals surface area (Å²) >= 11 is 1.52. The topological polar surface area (TPSA) is 46.3 Å². The number of rotatable bonds is 4. The number of carbonyl (C=O) groups is 1. The van der Waals surface area contributed by atoms with Crippen LogP contribution in [0.1, 0.15) is 35.9 Å². The smallest absolute Gasteiger partial charge is 0.266 e. The molecule has 2 aromatic rings. The Hall–Kier alpha value is -1.55. The van der Waals surface area contributed by atoms with E-state index in [9.17, 15) is 4.79 Å². The van der Waals surface area contributed by atoms with Crippen LogP contribution in [-0.4, -0.2) is 23.4 Å². The van der Waals surface area contributed by atoms with E-state index in [4.69, 9.17) is 5.73 Å². The number of benzene rings is 1. The zero-order valence-corrected chi connectivity index (χ0v) is 11.9. The molecule has 0 spiro atoms. The van der Waals surface area contributed by atoms with Gasteiger partial charge in [-0.2, -0.15) is 0 Å². The zero-order valence-electron chi connectivity index (χ0n) is 11.1. The summed E-state index contributed by atoms with van der Waals surface area (Å²) in [6, 6.07) is 8.40. The zero-order chi connectivity index (χ0) is 13.4. The fraction of sp³-hybridized carbons (Fsp3) is 0.400. The lowest BCUT2D eigenvalue weighted by molar-refractivity contribution is 0.0749. The van der Waals surface area contributed by atoms with Gasteiger partial charge >= 0.3 is 0 Å². The highest BCUT2D eigenvalue weighted by Crippen LogP contribution is 2.36. The van der Waals surface area contributed by atoms with Gasteiger partial charge in [-0.05, 0) is 25.3 Å². The van der Waals surface area contributed by atoms with Crippen LogP contribution in [-0.2, 0) is 0 Å². The Balaban J connectivity index is 1.98. The standard InChI is InChI=1S/C15H18N2OS/c1-2-9-17(10-7-8-10)15(18)14-13(16)11-5-3-4-6-12(11)19-14/h3-6,10H,2,7-9,16H2,1H3. The lowest BCUT2D eigenvalue weighted by Gasteiger charge is -2.21. The molecule has 19 heavy (non-hydrogen) atoms. The predicted octanol–water partition coefficient (Wildman–Crippen LogP) is 3.50. The summed E-state index contributed by atoms with van der Waals surface area (Å²) in [6.45, 7) is 2.94. The number of carbonyl (C=O) groups excluding carboxylic acids is 1. The Morgan fingerprint density at radius 1 is 1.42 bits per heavy atom. The van der Waals surface area contributed by atoms with Gasteiger partial charge in [0.2, 0.25) is 0 Å². The van der Waals surface area contributed by atoms with E-state index in [1.165, 1.54) is 11.3 Å². The van der Waals surface area contributed by atoms with Crippen molar-refractivity contribution in [2.75, 3.05) is 12.3 Å². The molecule has 0 unspecified atom stereocenters. The van der Waals surface area contributed by atoms with Gasteiger partial charge in [0.05, 0.1) is 5.69 Å². The number of hydrogen-bond acceptors (Lipinski definition) is 3. The SMILES string of the molecule is CCCN(C(=O)c1sc2ccccc2c1N)C1CC1. The molecule has 3 nitrogen and oxygen atoms in total. The van der Waals surface area contributed by atoms with Crippen LogP contribution < -0.4 is 5.73 Å². The van der Waals surface area contributed by atoms with Crippen molar-refractivity contribution in [1.82, 2.24) is 4.90 Å². The summed E-state index contributed by atoms with van der Waals surface area (Å²) < 4.78 is 1.09. The van der Waals surface area contributed by atoms with Gasteiger partial charge in [-0.25, -0.2) is 0 Å². The molecule has 1 saturated carbocycles. The molecule has 0 aliphatic heterocycles. The maximum absolute atomic E-state index is 12.7. The Morgan fingerprint density at radius 3 is 2.79 bits per heavy atom. The molecule has 2 N–H and O–H groups in total. The van der Waals surface area contributed by atoms with Crippen molar-refractivity contribution >= 4 is 33.0 Å². The van der Waals surface area contributed by atoms with Crippen LogP contribution in [0.15, 0.2) is 24.3 Å². The number of amides is 1. The summed E-state index contributed by atoms with van der Waals surface area (Å²) in [4.78, 5) is 15.4. The molecule has 1 fully saturated rings. The molecular formula is C15H18N2OS. The van der Waals surface area contributed by atoms with Crippen LogP contribution >= 0.6 is 11.3 Å². The molecule has 0 bridgehead atoms. The minimum atomic E-state index is 0.114. The minimum Gasteiger partial charge on any atom is -0.397 e. The maximum atomic E-state index is 12.7. The first-order chi connectivity index (χ1) is 9.22. The Bertz CT molecular complexity index is 616. The van der Waals surface area contributed by atoms with Gasteiger partial charge in [0.15, 0.2) is 0 Å². The molecular weight excluding hydrogens is 256 g/mol. The number of fused-ring (bicyclic) bond motifs is 1. The molecule has 1 heterocycles. The fourth-order valence-corrected chi connectivity index (χ4v) is 3.51. The van der Waals surface area contributed by atoms with Crippen LogP contribution in [0.5, 0.6) is 0 Å². The highest BCUT2D eigenvalue weighted by Gasteiger charge is 2.33. The van der Waals surface area contributed by atoms with Crippen molar-refractivity contribution in [3.05, 3.63) is 29.1 Å². The molecule has 100 valence electrons. The average Bonchev–Trinajstić information content (AvgIpc) is 3.21. The number of nitrogens with zero attached hydrogens (tertiary/aromatic N) is 1. The van der Waals surface area contributed by atoms with Crippen LogP contribution in [0.25, 0.3) is 10.1 Å². The third-order valence-corrected chi connectivity index (χ3v) is 4.72. The van der Waals surface area contributed by atoms with Crippen molar-refractivity contribution in [2.45, 2.75) is 32.2 Å². The van der Waals surface area contributed by atoms with Crippen molar-refractivity contribution in [2.24, 2.45) is 0 Å². The Labute approximate surface area is 117 Å². The van der Waals surface area contributed by atoms with E-state index in [0.717, 1.165) is 35.9 Å². The lowest BCUT2D eigenvalue weighted by atomic mass is 10.2. The highest BCUT2D eigenvalue weighted by atomic mass is 32.1. The normalized spacial score (nSPS) is 14.8. The maximum Gasteiger partial charge on any atom is 0.266 e. The molecule has 0 atom stereocenters. The van der Waals surface area contributed by atoms with Crippen LogP contribution in [0, 0.1) is 0 Å². The van der Waals surface area contributed by atoms with Gasteiger partial charge in [0.25, 0.3) is 5.91 Å². The van der Waals surface area contributed by atoms with Gasteiger partial charge in [0, 0.05) is 22.7 Å². The number of nitrogen functional groups attached to an aromatic ring is 1. The molecule has 1 aliphatic rings. The molecule has 0 radical (unpaired) electrons. The van der Waals surface area contributed by atoms with Gasteiger partial charge in [0.1, 0.15) is 4.88 Å². The summed E-state index contributed by atoms with van der Waals surface area (Å²) in [7, 11) is 0. The summed E-state index contributed by atoms with van der Waals surface area (Å²) in [5.41, 5.74) is 6.80. The Kier molecular flexibility index (Phi) is 3.19. The first-order valence-electron chi connectivity index (χ1n) is 6.80. The van der Waals surface area contributed by atoms with E-state index in [0.29, 0.717) is 16.6 Å². The van der Waals surface area contributed by atoms with E-state index in [-0.39, 0.29) is 5.91 Å². The highest BCUT2D eigenvalue weighted by molar-refractivity contribution is 7.21. The second kappa shape index (κ2) is 4.85. The predicted molar refractivity (Wildman–Crippen MR) is 80.6 cm³/mol. The monoisotopic (exact) mass is 274 g/mol. The third kappa shape index (κ3) is 2.21. The average molecular weight is 274 g/mol. The quantitative estimate of drug-likeness (QED) is 0.927. The van der Waals surface area contributed by atoms with Crippen LogP contribution in [0.4, 0.5) is 5.69 Å². The summed E-state index contributed by atoms with van der Waals surface area (Å²) in [6.07, 6.45) is 3.26. The first-order valence-corrected chi connectivity index (χ1v) is 7.62. The van der Waals surface area contributed by atoms with Gasteiger partial charge in [-0.1, -0.05) is 25.1 Å². The molecule has 1 aromatic heterocycles. The fourth-order valence-electron chi connectivity index (χ4n) is 2.43. The number of hydrogen-bond donors (Lipinski definition) is 1. The molecule has 0 saturated heterocycles. The van der Waals surface area contributed by atoms with Crippen molar-refractivity contribution in [1.29, 1.82) is 0 Å². The largest absolute Gasteiger partial charge is 0.397 e. The van der Waals surface area contributed by atoms with Crippen LogP contribution in [0.3, 0.4) is 0 Å². The van der Waals surface area contributed by atoms with E-state index >= 15 is 0 Å². The second-order valence-electron chi connectivity index (χ2n) is 5.07. The second-order valence-corrected chi connectivity index (χ2v) is 6.12. The number of thiophene rings is 1. The molecule has 1 aliphatic carbocycles. The van der Waals surface area contributed by atoms with Gasteiger partial charge in [-0.15, -0.1) is 11.3 Å². The number of anilines is 1. The molecule has 1 aromatic carbocycles. The van der Waals surface area contributed by atoms with Gasteiger partial charge < -0.3 is 10.6 Å². The van der Waals surface area contributed by atoms with Crippen molar-refractivity contribution in [3.8, 4) is 0 Å². The minimum absolute atomic E-state index is 0.114. The molecule has 4 heteroatoms. The van der Waals surface area contributed by atoms with Crippen LogP contribution in [0.2, 0.25) is 0 Å². The van der Waals surface area contributed by atoms with E-state index in [2.05, 4.69) is 6.92 Å². The van der Waals surface area contributed by atoms with Crippen molar-refractivity contribution in [3.63, 3.8) is 0 Å². The molecule has 3 rings (SSSR count). The third-order valence-electron chi connectivity index (χ3n) is 3.54. The summed E-state index contributed by atoms with van der Waals surface area (Å²) in [5, 5.41) is 1.00. The first kappa shape index (κ1) is 12.5. The van der Waals surface area contributed by atoms with E-state index in [1.54, 1.807) is 0 Å². The van der Waals surface area contributed by atoms with Gasteiger partial charge in [-0.3, -0.25) is 4.79 Å².